The fourth-order valence-electron chi connectivity index (χ4n) is 3.63. The Morgan fingerprint density at radius 2 is 1.33 bits per heavy atom. The van der Waals surface area contributed by atoms with Crippen molar-refractivity contribution in [3.05, 3.63) is 153 Å². The number of ketones is 1. The highest BCUT2D eigenvalue weighted by molar-refractivity contribution is 6.11. The van der Waals surface area contributed by atoms with E-state index in [1.807, 2.05) is 18.2 Å². The van der Waals surface area contributed by atoms with E-state index in [9.17, 15) is 24.5 Å². The summed E-state index contributed by atoms with van der Waals surface area (Å²) < 4.78 is 0. The van der Waals surface area contributed by atoms with Crippen LogP contribution in [0.25, 0.3) is 12.2 Å². The van der Waals surface area contributed by atoms with Gasteiger partial charge in [-0.25, -0.2) is 0 Å². The van der Waals surface area contributed by atoms with Gasteiger partial charge in [0.2, 0.25) is 0 Å². The molecule has 4 aromatic rings. The summed E-state index contributed by atoms with van der Waals surface area (Å²) in [6, 6.07) is 29.9. The van der Waals surface area contributed by atoms with E-state index in [0.29, 0.717) is 22.4 Å². The van der Waals surface area contributed by atoms with Crippen molar-refractivity contribution in [2.45, 2.75) is 0 Å². The molecule has 39 heavy (non-hydrogen) atoms. The van der Waals surface area contributed by atoms with Crippen molar-refractivity contribution in [1.29, 1.82) is 0 Å². The lowest BCUT2D eigenvalue weighted by atomic mass is 10.1. The second-order valence-electron chi connectivity index (χ2n) is 8.33. The predicted octanol–water partition coefficient (Wildman–Crippen LogP) is 5.90. The zero-order valence-electron chi connectivity index (χ0n) is 20.6. The SMILES string of the molecule is O=C(Nc1ccc(C(=O)/C=C/c2ccccc2[N+](=O)[O-])cc1)/C(=C/c1ccccc1)NC(=O)c1ccccc1. The number of hydrogen-bond acceptors (Lipinski definition) is 5. The molecule has 0 aliphatic heterocycles. The Labute approximate surface area is 224 Å². The fraction of sp³-hybridized carbons (Fsp3) is 0. The van der Waals surface area contributed by atoms with Crippen molar-refractivity contribution in [1.82, 2.24) is 5.32 Å². The molecule has 0 aliphatic carbocycles. The van der Waals surface area contributed by atoms with Gasteiger partial charge in [0.05, 0.1) is 10.5 Å². The summed E-state index contributed by atoms with van der Waals surface area (Å²) in [5.41, 5.74) is 2.13. The van der Waals surface area contributed by atoms with E-state index >= 15 is 0 Å². The van der Waals surface area contributed by atoms with Crippen LogP contribution in [0.2, 0.25) is 0 Å². The molecule has 0 radical (unpaired) electrons. The van der Waals surface area contributed by atoms with Crippen LogP contribution < -0.4 is 10.6 Å². The average Bonchev–Trinajstić information content (AvgIpc) is 2.97. The third-order valence-corrected chi connectivity index (χ3v) is 5.61. The summed E-state index contributed by atoms with van der Waals surface area (Å²) in [6.07, 6.45) is 4.23. The minimum absolute atomic E-state index is 0.0441. The van der Waals surface area contributed by atoms with Crippen LogP contribution in [0.15, 0.2) is 121 Å². The second-order valence-corrected chi connectivity index (χ2v) is 8.33. The number of benzene rings is 4. The lowest BCUT2D eigenvalue weighted by Gasteiger charge is -2.12. The normalized spacial score (nSPS) is 11.1. The molecule has 0 spiro atoms. The molecule has 0 bridgehead atoms. The zero-order valence-corrected chi connectivity index (χ0v) is 20.6. The Morgan fingerprint density at radius 1 is 0.718 bits per heavy atom. The number of nitrogens with zero attached hydrogens (tertiary/aromatic N) is 1. The second kappa shape index (κ2) is 12.6. The quantitative estimate of drug-likeness (QED) is 0.124. The highest BCUT2D eigenvalue weighted by atomic mass is 16.6. The first-order valence-corrected chi connectivity index (χ1v) is 11.9. The van der Waals surface area contributed by atoms with Crippen molar-refractivity contribution in [3.63, 3.8) is 0 Å². The molecular formula is C31H23N3O5. The number of carbonyl (C=O) groups is 3. The van der Waals surface area contributed by atoms with Crippen molar-refractivity contribution in [2.24, 2.45) is 0 Å². The number of nitro benzene ring substituents is 1. The number of nitrogens with one attached hydrogen (secondary N) is 2. The number of carbonyl (C=O) groups excluding carboxylic acids is 3. The van der Waals surface area contributed by atoms with Crippen molar-refractivity contribution in [2.75, 3.05) is 5.32 Å². The number of rotatable bonds is 9. The van der Waals surface area contributed by atoms with Crippen LogP contribution in [-0.4, -0.2) is 22.5 Å². The molecule has 8 nitrogen and oxygen atoms in total. The van der Waals surface area contributed by atoms with Gasteiger partial charge in [0.15, 0.2) is 5.78 Å². The van der Waals surface area contributed by atoms with Gasteiger partial charge in [0.1, 0.15) is 5.70 Å². The van der Waals surface area contributed by atoms with Gasteiger partial charge < -0.3 is 10.6 Å². The number of hydrogen-bond donors (Lipinski definition) is 2. The minimum Gasteiger partial charge on any atom is -0.321 e. The molecule has 0 saturated heterocycles. The largest absolute Gasteiger partial charge is 0.321 e. The van der Waals surface area contributed by atoms with Gasteiger partial charge in [-0.3, -0.25) is 24.5 Å². The average molecular weight is 518 g/mol. The van der Waals surface area contributed by atoms with E-state index in [0.717, 1.165) is 5.56 Å². The molecule has 0 fully saturated rings. The maximum atomic E-state index is 13.1. The first kappa shape index (κ1) is 26.4. The zero-order chi connectivity index (χ0) is 27.6. The van der Waals surface area contributed by atoms with Crippen LogP contribution in [0.1, 0.15) is 31.8 Å². The van der Waals surface area contributed by atoms with Crippen LogP contribution >= 0.6 is 0 Å². The van der Waals surface area contributed by atoms with E-state index in [-0.39, 0.29) is 17.2 Å². The highest BCUT2D eigenvalue weighted by Crippen LogP contribution is 2.20. The molecule has 192 valence electrons. The summed E-state index contributed by atoms with van der Waals surface area (Å²) in [5.74, 6) is -1.33. The molecule has 4 rings (SSSR count). The molecule has 2 amide bonds. The molecule has 0 aliphatic rings. The Hall–Kier alpha value is -5.63. The minimum atomic E-state index is -0.543. The fourth-order valence-corrected chi connectivity index (χ4v) is 3.63. The van der Waals surface area contributed by atoms with Crippen LogP contribution in [-0.2, 0) is 4.79 Å². The number of para-hydroxylation sites is 1. The summed E-state index contributed by atoms with van der Waals surface area (Å²) in [6.45, 7) is 0. The first-order chi connectivity index (χ1) is 18.9. The van der Waals surface area contributed by atoms with Gasteiger partial charge >= 0.3 is 0 Å². The molecule has 4 aromatic carbocycles. The molecule has 0 atom stereocenters. The van der Waals surface area contributed by atoms with Gasteiger partial charge in [-0.1, -0.05) is 60.7 Å². The molecule has 2 N–H and O–H groups in total. The van der Waals surface area contributed by atoms with E-state index < -0.39 is 16.7 Å². The topological polar surface area (TPSA) is 118 Å². The maximum Gasteiger partial charge on any atom is 0.276 e. The third kappa shape index (κ3) is 7.21. The number of nitro groups is 1. The molecule has 8 heteroatoms. The van der Waals surface area contributed by atoms with E-state index in [4.69, 9.17) is 0 Å². The van der Waals surface area contributed by atoms with Crippen LogP contribution in [0.4, 0.5) is 11.4 Å². The Balaban J connectivity index is 1.48. The lowest BCUT2D eigenvalue weighted by molar-refractivity contribution is -0.385. The van der Waals surface area contributed by atoms with Crippen molar-refractivity contribution >= 4 is 41.1 Å². The number of anilines is 1. The Bertz CT molecular complexity index is 1560. The molecular weight excluding hydrogens is 494 g/mol. The summed E-state index contributed by atoms with van der Waals surface area (Å²) >= 11 is 0. The number of allylic oxidation sites excluding steroid dienone is 1. The van der Waals surface area contributed by atoms with Gasteiger partial charge in [-0.15, -0.1) is 0 Å². The maximum absolute atomic E-state index is 13.1. The first-order valence-electron chi connectivity index (χ1n) is 11.9. The summed E-state index contributed by atoms with van der Waals surface area (Å²) in [5, 5.41) is 16.6. The van der Waals surface area contributed by atoms with Crippen LogP contribution in [0.3, 0.4) is 0 Å². The predicted molar refractivity (Wildman–Crippen MR) is 150 cm³/mol. The Morgan fingerprint density at radius 3 is 2.00 bits per heavy atom. The summed E-state index contributed by atoms with van der Waals surface area (Å²) in [7, 11) is 0. The van der Waals surface area contributed by atoms with Gasteiger partial charge in [-0.05, 0) is 66.3 Å². The van der Waals surface area contributed by atoms with E-state index in [1.165, 1.54) is 30.4 Å². The smallest absolute Gasteiger partial charge is 0.276 e. The van der Waals surface area contributed by atoms with Crippen LogP contribution in [0, 0.1) is 10.1 Å². The molecule has 0 saturated carbocycles. The standard InChI is InChI=1S/C31H23N3O5/c35-29(20-17-23-11-7-8-14-28(23)34(38)39)24-15-18-26(19-16-24)32-31(37)27(21-22-9-3-1-4-10-22)33-30(36)25-12-5-2-6-13-25/h1-21H,(H,32,37)(H,33,36)/b20-17+,27-21-. The Kier molecular flexibility index (Phi) is 8.51. The van der Waals surface area contributed by atoms with E-state index in [2.05, 4.69) is 10.6 Å². The van der Waals surface area contributed by atoms with Crippen molar-refractivity contribution < 1.29 is 19.3 Å². The molecule has 0 unspecified atom stereocenters. The van der Waals surface area contributed by atoms with E-state index in [1.54, 1.807) is 78.9 Å². The van der Waals surface area contributed by atoms with Crippen molar-refractivity contribution in [3.8, 4) is 0 Å². The monoisotopic (exact) mass is 517 g/mol. The lowest BCUT2D eigenvalue weighted by Crippen LogP contribution is -2.30. The summed E-state index contributed by atoms with van der Waals surface area (Å²) in [4.78, 5) is 49.1. The van der Waals surface area contributed by atoms with Gasteiger partial charge in [0.25, 0.3) is 17.5 Å². The third-order valence-electron chi connectivity index (χ3n) is 5.61. The van der Waals surface area contributed by atoms with Crippen LogP contribution in [0.5, 0.6) is 0 Å². The molecule has 0 heterocycles. The molecule has 0 aromatic heterocycles. The van der Waals surface area contributed by atoms with Gasteiger partial charge in [0, 0.05) is 22.9 Å². The highest BCUT2D eigenvalue weighted by Gasteiger charge is 2.15. The number of amides is 2. The van der Waals surface area contributed by atoms with Gasteiger partial charge in [-0.2, -0.15) is 0 Å².